The molecule has 1 aromatic rings. The van der Waals surface area contributed by atoms with Crippen molar-refractivity contribution < 1.29 is 44.7 Å². The standard InChI is InChI=1S/C13H12O9/c14-7-3-1-6(5-8(7)15)2-4-9(16)22-11(13(20)21)10(17)12(18)19/h1-5,10-11,14-15,17H,(H,18,19)(H,20,21)/b4-2-/t10-,11-/m0/s1. The number of ether oxygens (including phenoxy) is 1. The molecule has 0 aromatic heterocycles. The summed E-state index contributed by atoms with van der Waals surface area (Å²) in [6, 6.07) is 3.63. The summed E-state index contributed by atoms with van der Waals surface area (Å²) in [7, 11) is 0. The minimum Gasteiger partial charge on any atom is -0.504 e. The van der Waals surface area contributed by atoms with E-state index in [1.165, 1.54) is 6.07 Å². The van der Waals surface area contributed by atoms with Crippen LogP contribution in [0, 0.1) is 0 Å². The zero-order valence-electron chi connectivity index (χ0n) is 10.9. The van der Waals surface area contributed by atoms with Crippen LogP contribution < -0.4 is 0 Å². The van der Waals surface area contributed by atoms with Crippen LogP contribution in [0.5, 0.6) is 11.5 Å². The highest BCUT2D eigenvalue weighted by Gasteiger charge is 2.35. The number of carboxylic acid groups (broad SMARTS) is 2. The molecule has 1 rings (SSSR count). The van der Waals surface area contributed by atoms with Gasteiger partial charge < -0.3 is 30.3 Å². The van der Waals surface area contributed by atoms with E-state index in [1.54, 1.807) is 0 Å². The SMILES string of the molecule is O=C(/C=C\c1ccc(O)c(O)c1)O[C@H](C(=O)O)[C@H](O)C(=O)O. The smallest absolute Gasteiger partial charge is 0.348 e. The fourth-order valence-electron chi connectivity index (χ4n) is 1.35. The highest BCUT2D eigenvalue weighted by molar-refractivity contribution is 5.91. The van der Waals surface area contributed by atoms with Crippen LogP contribution in [0.25, 0.3) is 6.08 Å². The predicted octanol–water partition coefficient (Wildman–Crippen LogP) is -0.447. The van der Waals surface area contributed by atoms with Crippen LogP contribution in [0.4, 0.5) is 0 Å². The second-order valence-electron chi connectivity index (χ2n) is 4.06. The molecule has 9 nitrogen and oxygen atoms in total. The van der Waals surface area contributed by atoms with E-state index in [-0.39, 0.29) is 11.3 Å². The van der Waals surface area contributed by atoms with Crippen LogP contribution in [-0.4, -0.2) is 55.6 Å². The Morgan fingerprint density at radius 3 is 2.18 bits per heavy atom. The van der Waals surface area contributed by atoms with Gasteiger partial charge in [0.15, 0.2) is 17.6 Å². The van der Waals surface area contributed by atoms with Gasteiger partial charge in [-0.3, -0.25) is 0 Å². The van der Waals surface area contributed by atoms with E-state index in [4.69, 9.17) is 20.4 Å². The van der Waals surface area contributed by atoms with Crippen molar-refractivity contribution in [3.63, 3.8) is 0 Å². The van der Waals surface area contributed by atoms with Crippen LogP contribution >= 0.6 is 0 Å². The van der Waals surface area contributed by atoms with E-state index in [2.05, 4.69) is 4.74 Å². The highest BCUT2D eigenvalue weighted by Crippen LogP contribution is 2.25. The first-order chi connectivity index (χ1) is 10.2. The van der Waals surface area contributed by atoms with Gasteiger partial charge in [0, 0.05) is 6.08 Å². The molecule has 0 bridgehead atoms. The van der Waals surface area contributed by atoms with E-state index in [0.717, 1.165) is 24.3 Å². The van der Waals surface area contributed by atoms with Crippen LogP contribution in [0.3, 0.4) is 0 Å². The van der Waals surface area contributed by atoms with Crippen molar-refractivity contribution in [3.05, 3.63) is 29.8 Å². The summed E-state index contributed by atoms with van der Waals surface area (Å²) in [5.74, 6) is -5.68. The molecular weight excluding hydrogens is 300 g/mol. The Bertz CT molecular complexity index is 620. The van der Waals surface area contributed by atoms with Crippen molar-refractivity contribution in [3.8, 4) is 11.5 Å². The quantitative estimate of drug-likeness (QED) is 0.266. The van der Waals surface area contributed by atoms with Crippen LogP contribution in [-0.2, 0) is 19.1 Å². The summed E-state index contributed by atoms with van der Waals surface area (Å²) in [5, 5.41) is 44.7. The number of aliphatic hydroxyl groups is 1. The predicted molar refractivity (Wildman–Crippen MR) is 70.0 cm³/mol. The maximum Gasteiger partial charge on any atom is 0.348 e. The number of phenols is 2. The van der Waals surface area contributed by atoms with Gasteiger partial charge in [-0.2, -0.15) is 0 Å². The largest absolute Gasteiger partial charge is 0.504 e. The number of benzene rings is 1. The zero-order chi connectivity index (χ0) is 16.9. The molecule has 0 amide bonds. The Kier molecular flexibility index (Phi) is 5.47. The summed E-state index contributed by atoms with van der Waals surface area (Å²) in [6.07, 6.45) is -2.76. The van der Waals surface area contributed by atoms with Gasteiger partial charge >= 0.3 is 17.9 Å². The van der Waals surface area contributed by atoms with E-state index >= 15 is 0 Å². The average molecular weight is 312 g/mol. The Hall–Kier alpha value is -3.07. The monoisotopic (exact) mass is 312 g/mol. The van der Waals surface area contributed by atoms with Crippen molar-refractivity contribution >= 4 is 24.0 Å². The van der Waals surface area contributed by atoms with Gasteiger partial charge in [0.25, 0.3) is 0 Å². The lowest BCUT2D eigenvalue weighted by atomic mass is 10.2. The molecule has 22 heavy (non-hydrogen) atoms. The van der Waals surface area contributed by atoms with Crippen molar-refractivity contribution in [2.75, 3.05) is 0 Å². The van der Waals surface area contributed by atoms with Crippen molar-refractivity contribution in [2.24, 2.45) is 0 Å². The van der Waals surface area contributed by atoms with E-state index < -0.39 is 35.9 Å². The minimum atomic E-state index is -2.41. The number of carbonyl (C=O) groups is 3. The maximum atomic E-state index is 11.4. The van der Waals surface area contributed by atoms with Gasteiger partial charge in [-0.15, -0.1) is 0 Å². The first kappa shape index (κ1) is 17.0. The molecule has 0 heterocycles. The number of aliphatic hydroxyl groups excluding tert-OH is 1. The molecule has 0 fully saturated rings. The van der Waals surface area contributed by atoms with Gasteiger partial charge in [-0.05, 0) is 23.8 Å². The van der Waals surface area contributed by atoms with E-state index in [1.807, 2.05) is 0 Å². The van der Waals surface area contributed by atoms with Crippen molar-refractivity contribution in [2.45, 2.75) is 12.2 Å². The molecule has 0 saturated carbocycles. The molecule has 1 aromatic carbocycles. The Morgan fingerprint density at radius 2 is 1.68 bits per heavy atom. The van der Waals surface area contributed by atoms with Gasteiger partial charge in [-0.25, -0.2) is 14.4 Å². The molecule has 0 aliphatic carbocycles. The van der Waals surface area contributed by atoms with Crippen molar-refractivity contribution in [1.82, 2.24) is 0 Å². The first-order valence-electron chi connectivity index (χ1n) is 5.76. The minimum absolute atomic E-state index is 0.290. The number of hydrogen-bond donors (Lipinski definition) is 5. The molecule has 0 unspecified atom stereocenters. The van der Waals surface area contributed by atoms with Crippen LogP contribution in [0.15, 0.2) is 24.3 Å². The summed E-state index contributed by atoms with van der Waals surface area (Å²) >= 11 is 0. The molecule has 0 aliphatic heterocycles. The average Bonchev–Trinajstić information content (AvgIpc) is 2.44. The first-order valence-corrected chi connectivity index (χ1v) is 5.76. The summed E-state index contributed by atoms with van der Waals surface area (Å²) < 4.78 is 4.34. The summed E-state index contributed by atoms with van der Waals surface area (Å²) in [6.45, 7) is 0. The fraction of sp³-hybridized carbons (Fsp3) is 0.154. The van der Waals surface area contributed by atoms with E-state index in [9.17, 15) is 19.5 Å². The molecule has 0 radical (unpaired) electrons. The number of hydrogen-bond acceptors (Lipinski definition) is 7. The molecule has 2 atom stereocenters. The van der Waals surface area contributed by atoms with Crippen LogP contribution in [0.2, 0.25) is 0 Å². The van der Waals surface area contributed by atoms with E-state index in [0.29, 0.717) is 0 Å². The third-order valence-electron chi connectivity index (χ3n) is 2.44. The third-order valence-corrected chi connectivity index (χ3v) is 2.44. The molecule has 118 valence electrons. The molecule has 0 aliphatic rings. The number of carbonyl (C=O) groups excluding carboxylic acids is 1. The van der Waals surface area contributed by atoms with Gasteiger partial charge in [0.1, 0.15) is 0 Å². The maximum absolute atomic E-state index is 11.4. The lowest BCUT2D eigenvalue weighted by Gasteiger charge is -2.15. The molecule has 5 N–H and O–H groups in total. The molecule has 0 saturated heterocycles. The molecule has 9 heteroatoms. The fourth-order valence-corrected chi connectivity index (χ4v) is 1.35. The number of aromatic hydroxyl groups is 2. The van der Waals surface area contributed by atoms with Crippen molar-refractivity contribution in [1.29, 1.82) is 0 Å². The Morgan fingerprint density at radius 1 is 1.05 bits per heavy atom. The van der Waals surface area contributed by atoms with Gasteiger partial charge in [0.2, 0.25) is 6.10 Å². The van der Waals surface area contributed by atoms with Gasteiger partial charge in [0.05, 0.1) is 0 Å². The lowest BCUT2D eigenvalue weighted by Crippen LogP contribution is -2.42. The number of rotatable bonds is 6. The number of esters is 1. The second kappa shape index (κ2) is 7.09. The second-order valence-corrected chi connectivity index (χ2v) is 4.06. The number of aliphatic carboxylic acids is 2. The van der Waals surface area contributed by atoms with Gasteiger partial charge in [-0.1, -0.05) is 6.07 Å². The molecular formula is C13H12O9. The third kappa shape index (κ3) is 4.49. The zero-order valence-corrected chi connectivity index (χ0v) is 10.9. The number of phenolic OH excluding ortho intramolecular Hbond substituents is 2. The van der Waals surface area contributed by atoms with Crippen LogP contribution in [0.1, 0.15) is 5.56 Å². The Labute approximate surface area is 123 Å². The summed E-state index contributed by atoms with van der Waals surface area (Å²) in [5.41, 5.74) is 0.290. The Balaban J connectivity index is 2.78. The molecule has 0 spiro atoms. The summed E-state index contributed by atoms with van der Waals surface area (Å²) in [4.78, 5) is 32.7. The lowest BCUT2D eigenvalue weighted by molar-refractivity contribution is -0.176. The topological polar surface area (TPSA) is 162 Å². The highest BCUT2D eigenvalue weighted by atomic mass is 16.6. The normalized spacial score (nSPS) is 13.5. The number of carboxylic acids is 2.